The summed E-state index contributed by atoms with van der Waals surface area (Å²) in [6.07, 6.45) is 6.36. The molecule has 0 radical (unpaired) electrons. The summed E-state index contributed by atoms with van der Waals surface area (Å²) >= 11 is 1.13. The average Bonchev–Trinajstić information content (AvgIpc) is 3.75. The molecule has 3 rings (SSSR count). The number of aromatic nitrogens is 1. The van der Waals surface area contributed by atoms with E-state index in [1.54, 1.807) is 25.3 Å². The van der Waals surface area contributed by atoms with Gasteiger partial charge in [0.15, 0.2) is 6.10 Å². The smallest absolute Gasteiger partial charge is 0.309 e. The van der Waals surface area contributed by atoms with E-state index in [0.717, 1.165) is 62.8 Å². The van der Waals surface area contributed by atoms with Gasteiger partial charge >= 0.3 is 11.9 Å². The van der Waals surface area contributed by atoms with Crippen LogP contribution in [0.2, 0.25) is 0 Å². The zero-order valence-corrected chi connectivity index (χ0v) is 42.1. The molecule has 17 heteroatoms. The lowest BCUT2D eigenvalue weighted by atomic mass is 9.84. The fraction of sp³-hybridized carbons (Fsp3) is 0.694. The molecule has 1 saturated heterocycles. The van der Waals surface area contributed by atoms with Crippen LogP contribution in [0.1, 0.15) is 161 Å². The highest BCUT2D eigenvalue weighted by Crippen LogP contribution is 2.33. The summed E-state index contributed by atoms with van der Waals surface area (Å²) in [5.74, 6) is -3.91. The molecule has 2 aromatic rings. The summed E-state index contributed by atoms with van der Waals surface area (Å²) in [6, 6.07) is 2.07. The van der Waals surface area contributed by atoms with Crippen molar-refractivity contribution in [1.82, 2.24) is 30.7 Å². The lowest BCUT2D eigenvalue weighted by molar-refractivity contribution is -0.150. The second-order valence-electron chi connectivity index (χ2n) is 19.3. The number of rotatable bonds is 27. The van der Waals surface area contributed by atoms with Crippen LogP contribution in [0.3, 0.4) is 0 Å². The number of anilines is 1. The van der Waals surface area contributed by atoms with Crippen LogP contribution in [0.15, 0.2) is 23.6 Å². The largest absolute Gasteiger partial charge is 0.481 e. The Labute approximate surface area is 396 Å². The van der Waals surface area contributed by atoms with E-state index in [2.05, 4.69) is 38.1 Å². The average molecular weight is 944 g/mol. The number of hydrogen-bond donors (Lipinski definition) is 5. The molecular formula is C49H78FN7O8S. The van der Waals surface area contributed by atoms with Crippen molar-refractivity contribution in [1.29, 1.82) is 0 Å². The SMILES string of the molecule is CCCCCCN(C(=O)[C@@H](NC(=O)[C@H]1CCCCN1C)[C@@H](C)CC)[C@H](C[C@@H](OC(C)=O)c1nc(C(=O)N[C@@H](Cc2ccc(NC(=O)CNC(C)C)c(F)c2)CC(C)(C)C(=O)O)cs1)C(C)C. The minimum absolute atomic E-state index is 0.00421. The van der Waals surface area contributed by atoms with Crippen molar-refractivity contribution in [2.45, 2.75) is 176 Å². The maximum Gasteiger partial charge on any atom is 0.309 e. The van der Waals surface area contributed by atoms with E-state index < -0.39 is 59.2 Å². The Morgan fingerprint density at radius 3 is 2.33 bits per heavy atom. The number of esters is 1. The Balaban J connectivity index is 1.93. The van der Waals surface area contributed by atoms with E-state index in [-0.39, 0.29) is 72.9 Å². The van der Waals surface area contributed by atoms with Gasteiger partial charge in [0.1, 0.15) is 22.6 Å². The summed E-state index contributed by atoms with van der Waals surface area (Å²) in [5.41, 5.74) is -0.788. The molecule has 1 fully saturated rings. The molecule has 4 amide bonds. The summed E-state index contributed by atoms with van der Waals surface area (Å²) in [5, 5.41) is 23.5. The van der Waals surface area contributed by atoms with Crippen LogP contribution in [-0.4, -0.2) is 112 Å². The second kappa shape index (κ2) is 26.8. The van der Waals surface area contributed by atoms with Crippen LogP contribution in [0.4, 0.5) is 10.1 Å². The van der Waals surface area contributed by atoms with Crippen LogP contribution >= 0.6 is 11.3 Å². The molecule has 1 aliphatic rings. The van der Waals surface area contributed by atoms with E-state index in [1.807, 2.05) is 53.5 Å². The number of hydrogen-bond acceptors (Lipinski definition) is 11. The third kappa shape index (κ3) is 17.3. The predicted molar refractivity (Wildman–Crippen MR) is 257 cm³/mol. The number of amides is 4. The predicted octanol–water partition coefficient (Wildman–Crippen LogP) is 7.50. The van der Waals surface area contributed by atoms with Gasteiger partial charge in [0.05, 0.1) is 23.7 Å². The van der Waals surface area contributed by atoms with Crippen LogP contribution in [0.25, 0.3) is 0 Å². The van der Waals surface area contributed by atoms with Crippen LogP contribution in [0.5, 0.6) is 0 Å². The number of benzene rings is 1. The quantitative estimate of drug-likeness (QED) is 0.0439. The molecule has 66 heavy (non-hydrogen) atoms. The number of carbonyl (C=O) groups excluding carboxylic acids is 5. The van der Waals surface area contributed by atoms with Gasteiger partial charge in [0.25, 0.3) is 5.91 Å². The van der Waals surface area contributed by atoms with Crippen molar-refractivity contribution in [3.63, 3.8) is 0 Å². The number of carbonyl (C=O) groups is 6. The van der Waals surface area contributed by atoms with Crippen molar-refractivity contribution in [2.24, 2.45) is 17.3 Å². The molecule has 0 aliphatic carbocycles. The van der Waals surface area contributed by atoms with Crippen LogP contribution in [-0.2, 0) is 35.1 Å². The molecule has 2 heterocycles. The van der Waals surface area contributed by atoms with Gasteiger partial charge in [-0.05, 0) is 89.1 Å². The Bertz CT molecular complexity index is 1920. The Morgan fingerprint density at radius 1 is 1.03 bits per heavy atom. The molecule has 0 bridgehead atoms. The number of thiazole rings is 1. The molecular weight excluding hydrogens is 866 g/mol. The lowest BCUT2D eigenvalue weighted by Gasteiger charge is -2.40. The van der Waals surface area contributed by atoms with E-state index in [1.165, 1.54) is 19.1 Å². The van der Waals surface area contributed by atoms with Crippen molar-refractivity contribution in [3.8, 4) is 0 Å². The van der Waals surface area contributed by atoms with Crippen molar-refractivity contribution < 1.29 is 43.0 Å². The zero-order valence-electron chi connectivity index (χ0n) is 41.3. The molecule has 5 N–H and O–H groups in total. The number of ether oxygens (including phenoxy) is 1. The molecule has 0 unspecified atom stereocenters. The van der Waals surface area contributed by atoms with Crippen LogP contribution < -0.4 is 21.3 Å². The fourth-order valence-electron chi connectivity index (χ4n) is 8.28. The number of likely N-dealkylation sites (tertiary alicyclic amines) is 1. The Kier molecular flexibility index (Phi) is 22.6. The van der Waals surface area contributed by atoms with Crippen molar-refractivity contribution in [2.75, 3.05) is 32.0 Å². The monoisotopic (exact) mass is 944 g/mol. The van der Waals surface area contributed by atoms with E-state index in [0.29, 0.717) is 23.5 Å². The molecule has 15 nitrogen and oxygen atoms in total. The van der Waals surface area contributed by atoms with E-state index >= 15 is 4.39 Å². The summed E-state index contributed by atoms with van der Waals surface area (Å²) < 4.78 is 21.2. The highest BCUT2D eigenvalue weighted by atomic mass is 32.1. The first kappa shape index (κ1) is 55.8. The number of nitrogens with zero attached hydrogens (tertiary/aromatic N) is 3. The topological polar surface area (TPSA) is 199 Å². The maximum absolute atomic E-state index is 15.3. The number of piperidine rings is 1. The van der Waals surface area contributed by atoms with Gasteiger partial charge in [-0.25, -0.2) is 9.37 Å². The first-order valence-electron chi connectivity index (χ1n) is 23.9. The number of carboxylic acid groups (broad SMARTS) is 1. The van der Waals surface area contributed by atoms with Gasteiger partial charge in [-0.3, -0.25) is 33.7 Å². The van der Waals surface area contributed by atoms with Crippen molar-refractivity contribution in [3.05, 3.63) is 45.7 Å². The molecule has 1 aromatic carbocycles. The molecule has 0 saturated carbocycles. The molecule has 370 valence electrons. The number of likely N-dealkylation sites (N-methyl/N-ethyl adjacent to an activating group) is 1. The van der Waals surface area contributed by atoms with E-state index in [4.69, 9.17) is 4.74 Å². The maximum atomic E-state index is 15.3. The van der Waals surface area contributed by atoms with Crippen LogP contribution in [0, 0.1) is 23.1 Å². The number of halogens is 1. The zero-order chi connectivity index (χ0) is 49.3. The van der Waals surface area contributed by atoms with Gasteiger partial charge < -0.3 is 36.0 Å². The lowest BCUT2D eigenvalue weighted by Crippen LogP contribution is -2.59. The summed E-state index contributed by atoms with van der Waals surface area (Å²) in [4.78, 5) is 88.5. The first-order chi connectivity index (χ1) is 31.1. The molecule has 1 aromatic heterocycles. The van der Waals surface area contributed by atoms with Gasteiger partial charge in [0, 0.05) is 43.4 Å². The molecule has 1 aliphatic heterocycles. The second-order valence-corrected chi connectivity index (χ2v) is 20.2. The van der Waals surface area contributed by atoms with Gasteiger partial charge in [-0.15, -0.1) is 11.3 Å². The summed E-state index contributed by atoms with van der Waals surface area (Å²) in [7, 11) is 1.94. The Hall–Kier alpha value is -4.48. The third-order valence-electron chi connectivity index (χ3n) is 12.5. The number of aliphatic carboxylic acids is 1. The van der Waals surface area contributed by atoms with Gasteiger partial charge in [-0.1, -0.05) is 86.6 Å². The number of carboxylic acids is 1. The van der Waals surface area contributed by atoms with Gasteiger partial charge in [0.2, 0.25) is 17.7 Å². The van der Waals surface area contributed by atoms with Gasteiger partial charge in [-0.2, -0.15) is 0 Å². The fourth-order valence-corrected chi connectivity index (χ4v) is 9.12. The summed E-state index contributed by atoms with van der Waals surface area (Å²) in [6.45, 7) is 19.5. The highest BCUT2D eigenvalue weighted by molar-refractivity contribution is 7.09. The number of nitrogens with one attached hydrogen (secondary N) is 4. The first-order valence-corrected chi connectivity index (χ1v) is 24.8. The normalized spacial score (nSPS) is 16.8. The molecule has 6 atom stereocenters. The van der Waals surface area contributed by atoms with E-state index in [9.17, 15) is 33.9 Å². The highest BCUT2D eigenvalue weighted by Gasteiger charge is 2.39. The third-order valence-corrected chi connectivity index (χ3v) is 13.4. The molecule has 0 spiro atoms. The van der Waals surface area contributed by atoms with Crippen molar-refractivity contribution >= 4 is 52.6 Å². The Morgan fingerprint density at radius 2 is 1.74 bits per heavy atom. The number of unbranched alkanes of at least 4 members (excludes halogenated alkanes) is 3. The standard InChI is InChI=1S/C49H78FN7O8S/c1-12-14-15-17-23-57(47(62)43(32(7)13-2)55-45(61)39-19-16-18-22-56(39)11)40(30(3)4)26-41(65-33(8)58)46-54-38(29-66-46)44(60)52-35(27-49(9,10)48(63)64)24-34-20-21-37(36(50)25-34)53-42(59)28-51-31(5)6/h20-21,25,29-32,35,39-41,43,51H,12-19,22-24,26-28H2,1-11H3,(H,52,60)(H,53,59)(H,55,61)(H,63,64)/t32-,35-,39+,40+,41+,43-/m0/s1. The minimum Gasteiger partial charge on any atom is -0.481 e. The minimum atomic E-state index is -1.27.